The van der Waals surface area contributed by atoms with Crippen LogP contribution in [-0.2, 0) is 17.1 Å². The van der Waals surface area contributed by atoms with Crippen LogP contribution in [-0.4, -0.2) is 26.4 Å². The van der Waals surface area contributed by atoms with Crippen LogP contribution >= 0.6 is 23.4 Å². The SMILES string of the molecule is CCn1cnnc1-c1cccc(NC(=O)CSCc2ccc(Cl)cc2)c1. The van der Waals surface area contributed by atoms with Crippen LogP contribution in [0.1, 0.15) is 12.5 Å². The van der Waals surface area contributed by atoms with Gasteiger partial charge in [-0.2, -0.15) is 0 Å². The number of benzene rings is 2. The van der Waals surface area contributed by atoms with Gasteiger partial charge in [-0.3, -0.25) is 4.79 Å². The molecule has 0 aliphatic heterocycles. The van der Waals surface area contributed by atoms with Crippen molar-refractivity contribution >= 4 is 35.0 Å². The Balaban J connectivity index is 1.56. The van der Waals surface area contributed by atoms with Crippen LogP contribution in [0.2, 0.25) is 5.02 Å². The number of carbonyl (C=O) groups is 1. The number of nitrogens with zero attached hydrogens (tertiary/aromatic N) is 3. The van der Waals surface area contributed by atoms with Crippen molar-refractivity contribution in [1.29, 1.82) is 0 Å². The van der Waals surface area contributed by atoms with Gasteiger partial charge in [-0.1, -0.05) is 35.9 Å². The maximum atomic E-state index is 12.2. The second-order valence-electron chi connectivity index (χ2n) is 5.69. The Morgan fingerprint density at radius 1 is 1.23 bits per heavy atom. The summed E-state index contributed by atoms with van der Waals surface area (Å²) >= 11 is 7.44. The van der Waals surface area contributed by atoms with Crippen molar-refractivity contribution in [2.24, 2.45) is 0 Å². The number of hydrogen-bond donors (Lipinski definition) is 1. The summed E-state index contributed by atoms with van der Waals surface area (Å²) in [5, 5.41) is 11.8. The highest BCUT2D eigenvalue weighted by Gasteiger charge is 2.08. The van der Waals surface area contributed by atoms with E-state index in [0.717, 1.165) is 40.0 Å². The van der Waals surface area contributed by atoms with Crippen LogP contribution in [0.25, 0.3) is 11.4 Å². The zero-order valence-electron chi connectivity index (χ0n) is 14.4. The minimum absolute atomic E-state index is 0.0296. The van der Waals surface area contributed by atoms with Gasteiger partial charge >= 0.3 is 0 Å². The predicted octanol–water partition coefficient (Wildman–Crippen LogP) is 4.49. The lowest BCUT2D eigenvalue weighted by Gasteiger charge is -2.08. The smallest absolute Gasteiger partial charge is 0.234 e. The topological polar surface area (TPSA) is 59.8 Å². The monoisotopic (exact) mass is 386 g/mol. The lowest BCUT2D eigenvalue weighted by molar-refractivity contribution is -0.113. The van der Waals surface area contributed by atoms with Gasteiger partial charge < -0.3 is 9.88 Å². The van der Waals surface area contributed by atoms with Gasteiger partial charge in [-0.25, -0.2) is 0 Å². The molecule has 0 atom stereocenters. The molecule has 0 spiro atoms. The highest BCUT2D eigenvalue weighted by Crippen LogP contribution is 2.21. The highest BCUT2D eigenvalue weighted by atomic mass is 35.5. The number of rotatable bonds is 7. The van der Waals surface area contributed by atoms with Gasteiger partial charge in [0.25, 0.3) is 0 Å². The second-order valence-corrected chi connectivity index (χ2v) is 7.11. The lowest BCUT2D eigenvalue weighted by Crippen LogP contribution is -2.14. The summed E-state index contributed by atoms with van der Waals surface area (Å²) in [6.45, 7) is 2.83. The van der Waals surface area contributed by atoms with E-state index in [2.05, 4.69) is 15.5 Å². The van der Waals surface area contributed by atoms with E-state index in [1.54, 1.807) is 18.1 Å². The molecule has 3 rings (SSSR count). The van der Waals surface area contributed by atoms with E-state index in [9.17, 15) is 4.79 Å². The molecule has 0 aliphatic rings. The quantitative estimate of drug-likeness (QED) is 0.649. The number of anilines is 1. The van der Waals surface area contributed by atoms with Crippen LogP contribution in [0.15, 0.2) is 54.9 Å². The average Bonchev–Trinajstić information content (AvgIpc) is 3.12. The molecule has 0 fully saturated rings. The molecule has 0 aliphatic carbocycles. The van der Waals surface area contributed by atoms with E-state index in [4.69, 9.17) is 11.6 Å². The maximum absolute atomic E-state index is 12.2. The Hall–Kier alpha value is -2.31. The van der Waals surface area contributed by atoms with Crippen molar-refractivity contribution in [3.05, 3.63) is 65.4 Å². The summed E-state index contributed by atoms with van der Waals surface area (Å²) in [5.41, 5.74) is 2.83. The van der Waals surface area contributed by atoms with E-state index in [-0.39, 0.29) is 5.91 Å². The van der Waals surface area contributed by atoms with Crippen molar-refractivity contribution in [3.8, 4) is 11.4 Å². The first-order valence-corrected chi connectivity index (χ1v) is 9.79. The predicted molar refractivity (Wildman–Crippen MR) is 107 cm³/mol. The number of nitrogens with one attached hydrogen (secondary N) is 1. The van der Waals surface area contributed by atoms with Gasteiger partial charge in [-0.15, -0.1) is 22.0 Å². The van der Waals surface area contributed by atoms with Crippen molar-refractivity contribution in [2.75, 3.05) is 11.1 Å². The van der Waals surface area contributed by atoms with Crippen molar-refractivity contribution < 1.29 is 4.79 Å². The Labute approximate surface area is 161 Å². The molecule has 2 aromatic carbocycles. The van der Waals surface area contributed by atoms with Crippen molar-refractivity contribution in [3.63, 3.8) is 0 Å². The summed E-state index contributed by atoms with van der Waals surface area (Å²) in [6, 6.07) is 15.3. The Kier molecular flexibility index (Phi) is 6.30. The number of halogens is 1. The molecular weight excluding hydrogens is 368 g/mol. The zero-order valence-corrected chi connectivity index (χ0v) is 15.9. The van der Waals surface area contributed by atoms with Gasteiger partial charge in [-0.05, 0) is 36.8 Å². The molecule has 0 bridgehead atoms. The van der Waals surface area contributed by atoms with Gasteiger partial charge in [0.15, 0.2) is 5.82 Å². The molecule has 0 saturated carbocycles. The number of hydrogen-bond acceptors (Lipinski definition) is 4. The maximum Gasteiger partial charge on any atom is 0.234 e. The zero-order chi connectivity index (χ0) is 18.4. The van der Waals surface area contributed by atoms with E-state index >= 15 is 0 Å². The molecule has 26 heavy (non-hydrogen) atoms. The molecule has 1 heterocycles. The molecule has 1 amide bonds. The van der Waals surface area contributed by atoms with E-state index < -0.39 is 0 Å². The third-order valence-corrected chi connectivity index (χ3v) is 5.03. The van der Waals surface area contributed by atoms with Crippen LogP contribution in [0.4, 0.5) is 5.69 Å². The number of amides is 1. The molecule has 1 N–H and O–H groups in total. The van der Waals surface area contributed by atoms with Gasteiger partial charge in [0, 0.05) is 28.6 Å². The summed E-state index contributed by atoms with van der Waals surface area (Å²) in [5.74, 6) is 1.92. The minimum Gasteiger partial charge on any atom is -0.325 e. The van der Waals surface area contributed by atoms with Crippen LogP contribution in [0.3, 0.4) is 0 Å². The molecule has 5 nitrogen and oxygen atoms in total. The minimum atomic E-state index is -0.0296. The van der Waals surface area contributed by atoms with E-state index in [1.807, 2.05) is 60.0 Å². The standard InChI is InChI=1S/C19H19ClN4OS/c1-2-24-13-21-23-19(24)15-4-3-5-17(10-15)22-18(25)12-26-11-14-6-8-16(20)9-7-14/h3-10,13H,2,11-12H2,1H3,(H,22,25). The molecule has 0 saturated heterocycles. The van der Waals surface area contributed by atoms with Gasteiger partial charge in [0.1, 0.15) is 6.33 Å². The van der Waals surface area contributed by atoms with E-state index in [1.165, 1.54) is 0 Å². The number of aromatic nitrogens is 3. The third kappa shape index (κ3) is 4.86. The largest absolute Gasteiger partial charge is 0.325 e. The van der Waals surface area contributed by atoms with Gasteiger partial charge in [0.05, 0.1) is 5.75 Å². The Bertz CT molecular complexity index is 879. The fraction of sp³-hybridized carbons (Fsp3) is 0.211. The molecule has 1 aromatic heterocycles. The fourth-order valence-corrected chi connectivity index (χ4v) is 3.40. The first-order valence-electron chi connectivity index (χ1n) is 8.26. The van der Waals surface area contributed by atoms with Crippen LogP contribution < -0.4 is 5.32 Å². The highest BCUT2D eigenvalue weighted by molar-refractivity contribution is 7.99. The lowest BCUT2D eigenvalue weighted by atomic mass is 10.2. The third-order valence-electron chi connectivity index (χ3n) is 3.78. The molecular formula is C19H19ClN4OS. The number of aryl methyl sites for hydroxylation is 1. The van der Waals surface area contributed by atoms with Crippen molar-refractivity contribution in [2.45, 2.75) is 19.2 Å². The summed E-state index contributed by atoms with van der Waals surface area (Å²) in [4.78, 5) is 12.2. The molecule has 0 unspecified atom stereocenters. The fourth-order valence-electron chi connectivity index (χ4n) is 2.49. The molecule has 3 aromatic rings. The van der Waals surface area contributed by atoms with Crippen LogP contribution in [0, 0.1) is 0 Å². The van der Waals surface area contributed by atoms with Crippen molar-refractivity contribution in [1.82, 2.24) is 14.8 Å². The molecule has 7 heteroatoms. The second kappa shape index (κ2) is 8.87. The summed E-state index contributed by atoms with van der Waals surface area (Å²) in [6.07, 6.45) is 1.70. The van der Waals surface area contributed by atoms with Gasteiger partial charge in [0.2, 0.25) is 5.91 Å². The van der Waals surface area contributed by atoms with Crippen LogP contribution in [0.5, 0.6) is 0 Å². The first kappa shape index (κ1) is 18.5. The number of thioether (sulfide) groups is 1. The first-order chi connectivity index (χ1) is 12.7. The Morgan fingerprint density at radius 2 is 2.04 bits per heavy atom. The summed E-state index contributed by atoms with van der Waals surface area (Å²) in [7, 11) is 0. The normalized spacial score (nSPS) is 10.7. The molecule has 134 valence electrons. The molecule has 0 radical (unpaired) electrons. The number of carbonyl (C=O) groups excluding carboxylic acids is 1. The van der Waals surface area contributed by atoms with E-state index in [0.29, 0.717) is 5.75 Å². The average molecular weight is 387 g/mol. The summed E-state index contributed by atoms with van der Waals surface area (Å²) < 4.78 is 1.96. The Morgan fingerprint density at radius 3 is 2.81 bits per heavy atom.